The van der Waals surface area contributed by atoms with Gasteiger partial charge in [-0.2, -0.15) is 11.3 Å². The van der Waals surface area contributed by atoms with Crippen LogP contribution in [0.1, 0.15) is 38.5 Å². The molecule has 0 atom stereocenters. The van der Waals surface area contributed by atoms with E-state index in [1.165, 1.54) is 0 Å². The van der Waals surface area contributed by atoms with Crippen molar-refractivity contribution in [3.8, 4) is 11.5 Å². The first-order valence-electron chi connectivity index (χ1n) is 8.39. The zero-order chi connectivity index (χ0) is 17.0. The molecule has 0 aromatic carbocycles. The number of nitrogens with zero attached hydrogens (tertiary/aromatic N) is 3. The van der Waals surface area contributed by atoms with Crippen LogP contribution in [0.15, 0.2) is 21.2 Å². The number of amides is 1. The van der Waals surface area contributed by atoms with E-state index in [2.05, 4.69) is 17.1 Å². The van der Waals surface area contributed by atoms with Gasteiger partial charge in [-0.15, -0.1) is 10.2 Å². The molecule has 7 heteroatoms. The van der Waals surface area contributed by atoms with E-state index in [4.69, 9.17) is 4.42 Å². The molecular formula is C17H23N3O3S. The first-order valence-corrected chi connectivity index (χ1v) is 9.34. The van der Waals surface area contributed by atoms with Gasteiger partial charge in [-0.1, -0.05) is 6.92 Å². The maximum atomic E-state index is 12.4. The fourth-order valence-electron chi connectivity index (χ4n) is 3.08. The van der Waals surface area contributed by atoms with Crippen LogP contribution in [-0.2, 0) is 11.2 Å². The number of carbonyl (C=O) groups excluding carboxylic acids is 1. The number of hydrogen-bond donors (Lipinski definition) is 1. The lowest BCUT2D eigenvalue weighted by Crippen LogP contribution is -2.44. The van der Waals surface area contributed by atoms with Crippen LogP contribution >= 0.6 is 11.3 Å². The zero-order valence-electron chi connectivity index (χ0n) is 13.9. The summed E-state index contributed by atoms with van der Waals surface area (Å²) in [5.41, 5.74) is 0.916. The second-order valence-corrected chi connectivity index (χ2v) is 7.19. The van der Waals surface area contributed by atoms with Gasteiger partial charge in [0.05, 0.1) is 0 Å². The van der Waals surface area contributed by atoms with Crippen molar-refractivity contribution >= 4 is 17.2 Å². The summed E-state index contributed by atoms with van der Waals surface area (Å²) in [6.45, 7) is 3.75. The first kappa shape index (κ1) is 17.1. The highest BCUT2D eigenvalue weighted by Gasteiger charge is 2.33. The number of aliphatic hydroxyl groups is 1. The Kier molecular flexibility index (Phi) is 5.30. The molecule has 3 rings (SSSR count). The third-order valence-corrected chi connectivity index (χ3v) is 5.73. The molecule has 2 aromatic heterocycles. The van der Waals surface area contributed by atoms with Gasteiger partial charge in [0.1, 0.15) is 0 Å². The van der Waals surface area contributed by atoms with Gasteiger partial charge in [0.15, 0.2) is 0 Å². The third kappa shape index (κ3) is 3.67. The molecule has 24 heavy (non-hydrogen) atoms. The Balaban J connectivity index is 1.50. The number of hydrogen-bond acceptors (Lipinski definition) is 6. The highest BCUT2D eigenvalue weighted by atomic mass is 32.1. The molecule has 6 nitrogen and oxygen atoms in total. The molecule has 1 saturated heterocycles. The Hall–Kier alpha value is -1.73. The van der Waals surface area contributed by atoms with E-state index in [1.54, 1.807) is 11.3 Å². The summed E-state index contributed by atoms with van der Waals surface area (Å²) < 4.78 is 5.61. The molecule has 0 bridgehead atoms. The highest BCUT2D eigenvalue weighted by molar-refractivity contribution is 7.08. The lowest BCUT2D eigenvalue weighted by molar-refractivity contribution is -0.134. The maximum Gasteiger partial charge on any atom is 0.248 e. The Morgan fingerprint density at radius 3 is 2.83 bits per heavy atom. The van der Waals surface area contributed by atoms with Gasteiger partial charge in [0.2, 0.25) is 17.7 Å². The van der Waals surface area contributed by atoms with Gasteiger partial charge in [-0.25, -0.2) is 0 Å². The van der Waals surface area contributed by atoms with Gasteiger partial charge >= 0.3 is 0 Å². The number of carbonyl (C=O) groups is 1. The summed E-state index contributed by atoms with van der Waals surface area (Å²) in [5, 5.41) is 21.5. The van der Waals surface area contributed by atoms with Crippen LogP contribution in [-0.4, -0.2) is 45.8 Å². The molecule has 0 spiro atoms. The van der Waals surface area contributed by atoms with E-state index in [0.29, 0.717) is 24.6 Å². The van der Waals surface area contributed by atoms with E-state index < -0.39 is 0 Å². The molecule has 0 unspecified atom stereocenters. The van der Waals surface area contributed by atoms with E-state index in [0.717, 1.165) is 37.9 Å². The van der Waals surface area contributed by atoms with Gasteiger partial charge in [0, 0.05) is 43.5 Å². The maximum absolute atomic E-state index is 12.4. The second kappa shape index (κ2) is 7.44. The van der Waals surface area contributed by atoms with Crippen molar-refractivity contribution < 1.29 is 14.3 Å². The molecule has 1 amide bonds. The number of piperidine rings is 1. The summed E-state index contributed by atoms with van der Waals surface area (Å²) in [4.78, 5) is 14.3. The number of aromatic nitrogens is 2. The lowest BCUT2D eigenvalue weighted by atomic mass is 9.77. The van der Waals surface area contributed by atoms with Crippen LogP contribution in [0.3, 0.4) is 0 Å². The molecule has 1 N–H and O–H groups in total. The quantitative estimate of drug-likeness (QED) is 0.867. The molecule has 1 aliphatic rings. The third-order valence-electron chi connectivity index (χ3n) is 5.05. The van der Waals surface area contributed by atoms with Crippen molar-refractivity contribution in [1.29, 1.82) is 0 Å². The Morgan fingerprint density at radius 1 is 1.42 bits per heavy atom. The summed E-state index contributed by atoms with van der Waals surface area (Å²) in [6, 6.07) is 1.93. The number of aryl methyl sites for hydroxylation is 1. The van der Waals surface area contributed by atoms with Crippen LogP contribution in [0.4, 0.5) is 0 Å². The Labute approximate surface area is 145 Å². The van der Waals surface area contributed by atoms with E-state index >= 15 is 0 Å². The zero-order valence-corrected chi connectivity index (χ0v) is 14.7. The number of likely N-dealkylation sites (tertiary alicyclic amines) is 1. The Morgan fingerprint density at radius 2 is 2.21 bits per heavy atom. The standard InChI is InChI=1S/C17H23N3O3S/c1-2-17(12-21)6-8-20(9-7-17)15(22)4-3-14-18-19-16(23-14)13-5-10-24-11-13/h5,10-11,21H,2-4,6-9,12H2,1H3. The molecule has 2 aromatic rings. The fourth-order valence-corrected chi connectivity index (χ4v) is 3.71. The molecule has 3 heterocycles. The largest absolute Gasteiger partial charge is 0.421 e. The predicted molar refractivity (Wildman–Crippen MR) is 91.6 cm³/mol. The van der Waals surface area contributed by atoms with E-state index in [1.807, 2.05) is 21.7 Å². The van der Waals surface area contributed by atoms with Crippen LogP contribution < -0.4 is 0 Å². The van der Waals surface area contributed by atoms with Crippen molar-refractivity contribution in [2.24, 2.45) is 5.41 Å². The van der Waals surface area contributed by atoms with Crippen LogP contribution in [0.25, 0.3) is 11.5 Å². The lowest BCUT2D eigenvalue weighted by Gasteiger charge is -2.40. The molecule has 1 aliphatic heterocycles. The summed E-state index contributed by atoms with van der Waals surface area (Å²) >= 11 is 1.58. The summed E-state index contributed by atoms with van der Waals surface area (Å²) in [7, 11) is 0. The van der Waals surface area contributed by atoms with Crippen LogP contribution in [0.5, 0.6) is 0 Å². The average Bonchev–Trinajstić information content (AvgIpc) is 3.31. The SMILES string of the molecule is CCC1(CO)CCN(C(=O)CCc2nnc(-c3ccsc3)o2)CC1. The van der Waals surface area contributed by atoms with Gasteiger partial charge in [-0.05, 0) is 36.1 Å². The van der Waals surface area contributed by atoms with Gasteiger partial charge < -0.3 is 14.4 Å². The predicted octanol–water partition coefficient (Wildman–Crippen LogP) is 2.74. The number of aliphatic hydroxyl groups excluding tert-OH is 1. The normalized spacial score (nSPS) is 17.2. The van der Waals surface area contributed by atoms with Crippen LogP contribution in [0.2, 0.25) is 0 Å². The van der Waals surface area contributed by atoms with E-state index in [-0.39, 0.29) is 17.9 Å². The monoisotopic (exact) mass is 349 g/mol. The van der Waals surface area contributed by atoms with Crippen LogP contribution in [0, 0.1) is 5.41 Å². The average molecular weight is 349 g/mol. The molecule has 1 fully saturated rings. The topological polar surface area (TPSA) is 79.5 Å². The minimum Gasteiger partial charge on any atom is -0.421 e. The number of thiophene rings is 1. The molecular weight excluding hydrogens is 326 g/mol. The Bertz CT molecular complexity index is 654. The van der Waals surface area contributed by atoms with Gasteiger partial charge in [-0.3, -0.25) is 4.79 Å². The first-order chi connectivity index (χ1) is 11.7. The van der Waals surface area contributed by atoms with Crippen molar-refractivity contribution in [1.82, 2.24) is 15.1 Å². The smallest absolute Gasteiger partial charge is 0.248 e. The molecule has 0 saturated carbocycles. The minimum absolute atomic E-state index is 0.00129. The molecule has 0 aliphatic carbocycles. The van der Waals surface area contributed by atoms with Crippen molar-refractivity contribution in [2.75, 3.05) is 19.7 Å². The number of rotatable bonds is 6. The van der Waals surface area contributed by atoms with Crippen molar-refractivity contribution in [3.05, 3.63) is 22.7 Å². The minimum atomic E-state index is -0.00129. The molecule has 0 radical (unpaired) electrons. The van der Waals surface area contributed by atoms with E-state index in [9.17, 15) is 9.90 Å². The summed E-state index contributed by atoms with van der Waals surface area (Å²) in [5.74, 6) is 1.13. The fraction of sp³-hybridized carbons (Fsp3) is 0.588. The molecule has 130 valence electrons. The van der Waals surface area contributed by atoms with Crippen molar-refractivity contribution in [3.63, 3.8) is 0 Å². The van der Waals surface area contributed by atoms with Gasteiger partial charge in [0.25, 0.3) is 0 Å². The summed E-state index contributed by atoms with van der Waals surface area (Å²) in [6.07, 6.45) is 3.54. The van der Waals surface area contributed by atoms with Crippen molar-refractivity contribution in [2.45, 2.75) is 39.0 Å². The highest BCUT2D eigenvalue weighted by Crippen LogP contribution is 2.34. The second-order valence-electron chi connectivity index (χ2n) is 6.41.